The molecule has 0 unspecified atom stereocenters. The molecule has 0 fully saturated rings. The van der Waals surface area contributed by atoms with Gasteiger partial charge in [-0.3, -0.25) is 9.59 Å². The molecular weight excluding hydrogens is 296 g/mol. The topological polar surface area (TPSA) is 76.5 Å². The maximum atomic E-state index is 12.1. The number of para-hydroxylation sites is 1. The van der Waals surface area contributed by atoms with Crippen LogP contribution in [0.4, 0.5) is 5.82 Å². The number of hydrogen-bond acceptors (Lipinski definition) is 5. The molecule has 1 aliphatic heterocycles. The second-order valence-corrected chi connectivity index (χ2v) is 5.33. The van der Waals surface area contributed by atoms with Crippen molar-refractivity contribution in [3.8, 4) is 5.75 Å². The second-order valence-electron chi connectivity index (χ2n) is 5.33. The molecule has 1 aliphatic rings. The minimum atomic E-state index is -0.191. The molecule has 0 spiro atoms. The summed E-state index contributed by atoms with van der Waals surface area (Å²) in [7, 11) is 1.67. The fourth-order valence-electron chi connectivity index (χ4n) is 2.43. The van der Waals surface area contributed by atoms with E-state index in [9.17, 15) is 9.59 Å². The van der Waals surface area contributed by atoms with Gasteiger partial charge in [-0.1, -0.05) is 18.2 Å². The van der Waals surface area contributed by atoms with Gasteiger partial charge in [0.15, 0.2) is 12.4 Å². The van der Waals surface area contributed by atoms with Crippen molar-refractivity contribution < 1.29 is 9.53 Å². The lowest BCUT2D eigenvalue weighted by atomic mass is 10.2. The highest BCUT2D eigenvalue weighted by Crippen LogP contribution is 2.22. The summed E-state index contributed by atoms with van der Waals surface area (Å²) >= 11 is 0. The molecule has 1 aromatic heterocycles. The van der Waals surface area contributed by atoms with Crippen molar-refractivity contribution >= 4 is 11.7 Å². The van der Waals surface area contributed by atoms with Crippen LogP contribution in [0.5, 0.6) is 5.75 Å². The minimum absolute atomic E-state index is 0.0301. The lowest BCUT2D eigenvalue weighted by molar-refractivity contribution is -0.133. The smallest absolute Gasteiger partial charge is 0.293 e. The number of ether oxygens (including phenoxy) is 1. The van der Waals surface area contributed by atoms with E-state index in [-0.39, 0.29) is 23.9 Å². The SMILES string of the molecule is Cn1ccnc(NCCN2Cc3ccccc3OCC2=O)c1=O. The molecule has 0 saturated heterocycles. The number of anilines is 1. The van der Waals surface area contributed by atoms with E-state index in [1.807, 2.05) is 24.3 Å². The van der Waals surface area contributed by atoms with Gasteiger partial charge < -0.3 is 19.5 Å². The van der Waals surface area contributed by atoms with Gasteiger partial charge >= 0.3 is 0 Å². The Morgan fingerprint density at radius 1 is 1.30 bits per heavy atom. The molecule has 120 valence electrons. The van der Waals surface area contributed by atoms with Crippen LogP contribution in [-0.4, -0.2) is 40.1 Å². The van der Waals surface area contributed by atoms with Crippen molar-refractivity contribution in [2.75, 3.05) is 25.0 Å². The van der Waals surface area contributed by atoms with E-state index in [2.05, 4.69) is 10.3 Å². The summed E-state index contributed by atoms with van der Waals surface area (Å²) in [6.45, 7) is 1.44. The number of benzene rings is 1. The fraction of sp³-hybridized carbons (Fsp3) is 0.312. The summed E-state index contributed by atoms with van der Waals surface area (Å²) in [5, 5.41) is 2.99. The first kappa shape index (κ1) is 15.1. The number of hydrogen-bond donors (Lipinski definition) is 1. The summed E-state index contributed by atoms with van der Waals surface area (Å²) in [6.07, 6.45) is 3.16. The Kier molecular flexibility index (Phi) is 4.27. The number of carbonyl (C=O) groups excluding carboxylic acids is 1. The van der Waals surface area contributed by atoms with Crippen molar-refractivity contribution in [2.45, 2.75) is 6.54 Å². The molecule has 1 N–H and O–H groups in total. The number of rotatable bonds is 4. The highest BCUT2D eigenvalue weighted by molar-refractivity contribution is 5.78. The Balaban J connectivity index is 1.64. The molecule has 7 nitrogen and oxygen atoms in total. The fourth-order valence-corrected chi connectivity index (χ4v) is 2.43. The summed E-state index contributed by atoms with van der Waals surface area (Å²) in [5.74, 6) is 0.959. The van der Waals surface area contributed by atoms with Gasteiger partial charge in [-0.15, -0.1) is 0 Å². The average molecular weight is 314 g/mol. The van der Waals surface area contributed by atoms with Gasteiger partial charge in [-0.25, -0.2) is 4.98 Å². The molecule has 3 rings (SSSR count). The van der Waals surface area contributed by atoms with Gasteiger partial charge in [0.2, 0.25) is 0 Å². The molecule has 0 aliphatic carbocycles. The molecule has 7 heteroatoms. The summed E-state index contributed by atoms with van der Waals surface area (Å²) in [5.41, 5.74) is 0.787. The van der Waals surface area contributed by atoms with Crippen LogP contribution >= 0.6 is 0 Å². The van der Waals surface area contributed by atoms with Crippen molar-refractivity contribution in [1.82, 2.24) is 14.5 Å². The molecule has 2 heterocycles. The van der Waals surface area contributed by atoms with Crippen molar-refractivity contribution in [2.24, 2.45) is 7.05 Å². The predicted octanol–water partition coefficient (Wildman–Crippen LogP) is 0.613. The zero-order chi connectivity index (χ0) is 16.2. The van der Waals surface area contributed by atoms with Gasteiger partial charge in [-0.05, 0) is 6.07 Å². The zero-order valence-electron chi connectivity index (χ0n) is 12.9. The van der Waals surface area contributed by atoms with E-state index in [1.165, 1.54) is 4.57 Å². The van der Waals surface area contributed by atoms with Crippen LogP contribution in [0.25, 0.3) is 0 Å². The first-order valence-corrected chi connectivity index (χ1v) is 7.39. The Hall–Kier alpha value is -2.83. The third-order valence-electron chi connectivity index (χ3n) is 3.73. The highest BCUT2D eigenvalue weighted by Gasteiger charge is 2.20. The van der Waals surface area contributed by atoms with E-state index in [0.717, 1.165) is 11.3 Å². The van der Waals surface area contributed by atoms with Crippen LogP contribution in [0.1, 0.15) is 5.56 Å². The van der Waals surface area contributed by atoms with E-state index in [4.69, 9.17) is 4.74 Å². The Morgan fingerprint density at radius 3 is 3.00 bits per heavy atom. The zero-order valence-corrected chi connectivity index (χ0v) is 12.9. The van der Waals surface area contributed by atoms with Gasteiger partial charge in [0.05, 0.1) is 0 Å². The lowest BCUT2D eigenvalue weighted by Gasteiger charge is -2.20. The van der Waals surface area contributed by atoms with Gasteiger partial charge in [0.1, 0.15) is 5.75 Å². The molecular formula is C16H18N4O3. The standard InChI is InChI=1S/C16H18N4O3/c1-19-8-6-17-15(16(19)22)18-7-9-20-10-12-4-2-3-5-13(12)23-11-14(20)21/h2-6,8H,7,9-11H2,1H3,(H,17,18). The number of nitrogens with zero attached hydrogens (tertiary/aromatic N) is 3. The summed E-state index contributed by atoms with van der Waals surface area (Å²) < 4.78 is 6.97. The van der Waals surface area contributed by atoms with Gasteiger partial charge in [-0.2, -0.15) is 0 Å². The summed E-state index contributed by atoms with van der Waals surface area (Å²) in [4.78, 5) is 29.7. The van der Waals surface area contributed by atoms with Crippen LogP contribution in [0.3, 0.4) is 0 Å². The van der Waals surface area contributed by atoms with E-state index >= 15 is 0 Å². The van der Waals surface area contributed by atoms with Gasteiger partial charge in [0, 0.05) is 44.6 Å². The Labute approximate surface area is 133 Å². The third kappa shape index (κ3) is 3.33. The Morgan fingerprint density at radius 2 is 2.13 bits per heavy atom. The lowest BCUT2D eigenvalue weighted by Crippen LogP contribution is -2.36. The first-order chi connectivity index (χ1) is 11.1. The maximum Gasteiger partial charge on any atom is 0.293 e. The molecule has 1 amide bonds. The van der Waals surface area contributed by atoms with E-state index in [0.29, 0.717) is 19.6 Å². The number of nitrogens with one attached hydrogen (secondary N) is 1. The third-order valence-corrected chi connectivity index (χ3v) is 3.73. The van der Waals surface area contributed by atoms with Crippen molar-refractivity contribution in [3.63, 3.8) is 0 Å². The predicted molar refractivity (Wildman–Crippen MR) is 85.3 cm³/mol. The number of fused-ring (bicyclic) bond motifs is 1. The maximum absolute atomic E-state index is 12.1. The number of carbonyl (C=O) groups is 1. The van der Waals surface area contributed by atoms with Crippen molar-refractivity contribution in [1.29, 1.82) is 0 Å². The largest absolute Gasteiger partial charge is 0.483 e. The van der Waals surface area contributed by atoms with Crippen molar-refractivity contribution in [3.05, 3.63) is 52.6 Å². The van der Waals surface area contributed by atoms with Crippen LogP contribution < -0.4 is 15.6 Å². The quantitative estimate of drug-likeness (QED) is 0.895. The summed E-state index contributed by atoms with van der Waals surface area (Å²) in [6, 6.07) is 7.62. The molecule has 0 radical (unpaired) electrons. The van der Waals surface area contributed by atoms with Gasteiger partial charge in [0.25, 0.3) is 11.5 Å². The van der Waals surface area contributed by atoms with E-state index < -0.39 is 0 Å². The number of aryl methyl sites for hydroxylation is 1. The minimum Gasteiger partial charge on any atom is -0.483 e. The molecule has 1 aromatic carbocycles. The molecule has 0 saturated carbocycles. The van der Waals surface area contributed by atoms with Crippen LogP contribution in [0, 0.1) is 0 Å². The average Bonchev–Trinajstić information content (AvgIpc) is 2.71. The molecule has 23 heavy (non-hydrogen) atoms. The van der Waals surface area contributed by atoms with Crippen LogP contribution in [-0.2, 0) is 18.4 Å². The van der Waals surface area contributed by atoms with Crippen LogP contribution in [0.15, 0.2) is 41.5 Å². The molecule has 0 bridgehead atoms. The monoisotopic (exact) mass is 314 g/mol. The number of aromatic nitrogens is 2. The molecule has 0 atom stereocenters. The first-order valence-electron chi connectivity index (χ1n) is 7.39. The Bertz CT molecular complexity index is 772. The second kappa shape index (κ2) is 6.51. The van der Waals surface area contributed by atoms with Crippen LogP contribution in [0.2, 0.25) is 0 Å². The normalized spacial score (nSPS) is 14.0. The van der Waals surface area contributed by atoms with E-state index in [1.54, 1.807) is 24.3 Å². The highest BCUT2D eigenvalue weighted by atomic mass is 16.5. The number of amides is 1. The molecule has 2 aromatic rings.